The lowest BCUT2D eigenvalue weighted by Crippen LogP contribution is -2.31. The zero-order valence-electron chi connectivity index (χ0n) is 15.0. The summed E-state index contributed by atoms with van der Waals surface area (Å²) in [5.74, 6) is 9.47. The van der Waals surface area contributed by atoms with Crippen LogP contribution in [0.15, 0.2) is 36.4 Å². The predicted molar refractivity (Wildman–Crippen MR) is 97.9 cm³/mol. The van der Waals surface area contributed by atoms with Gasteiger partial charge in [-0.15, -0.1) is 0 Å². The maximum atomic E-state index is 5.68. The summed E-state index contributed by atoms with van der Waals surface area (Å²) in [6, 6.07) is 11.7. The first-order chi connectivity index (χ1) is 12.8. The summed E-state index contributed by atoms with van der Waals surface area (Å²) in [4.78, 5) is 2.22. The number of fused-ring (bicyclic) bond motifs is 2. The van der Waals surface area contributed by atoms with Crippen LogP contribution in [0.1, 0.15) is 17.2 Å². The van der Waals surface area contributed by atoms with Crippen LogP contribution in [-0.2, 0) is 6.42 Å². The SMILES string of the molecule is COc1c2c(cc3c1[C@H](C#CCOc1ccccc1)N(C)CC3)OCO2. The van der Waals surface area contributed by atoms with Crippen molar-refractivity contribution in [3.8, 4) is 34.8 Å². The van der Waals surface area contributed by atoms with Crippen molar-refractivity contribution in [1.29, 1.82) is 0 Å². The van der Waals surface area contributed by atoms with Crippen molar-refractivity contribution in [2.24, 2.45) is 0 Å². The molecular formula is C21H21NO4. The van der Waals surface area contributed by atoms with Crippen molar-refractivity contribution in [1.82, 2.24) is 4.90 Å². The predicted octanol–water partition coefficient (Wildman–Crippen LogP) is 3.04. The summed E-state index contributed by atoms with van der Waals surface area (Å²) in [6.45, 7) is 1.50. The van der Waals surface area contributed by atoms with Gasteiger partial charge < -0.3 is 18.9 Å². The van der Waals surface area contributed by atoms with E-state index in [-0.39, 0.29) is 12.8 Å². The fourth-order valence-electron chi connectivity index (χ4n) is 3.39. The number of likely N-dealkylation sites (N-methyl/N-ethyl adjacent to an activating group) is 1. The van der Waals surface area contributed by atoms with Crippen LogP contribution in [0.3, 0.4) is 0 Å². The Kier molecular flexibility index (Phi) is 4.59. The molecule has 0 bridgehead atoms. The Bertz CT molecular complexity index is 854. The summed E-state index contributed by atoms with van der Waals surface area (Å²) in [6.07, 6.45) is 0.928. The number of nitrogens with zero attached hydrogens (tertiary/aromatic N) is 1. The summed E-state index contributed by atoms with van der Waals surface area (Å²) in [5, 5.41) is 0. The van der Waals surface area contributed by atoms with Crippen LogP contribution >= 0.6 is 0 Å². The van der Waals surface area contributed by atoms with Gasteiger partial charge >= 0.3 is 0 Å². The third kappa shape index (κ3) is 3.04. The van der Waals surface area contributed by atoms with E-state index < -0.39 is 0 Å². The minimum atomic E-state index is -0.0671. The molecule has 0 saturated heterocycles. The minimum Gasteiger partial charge on any atom is -0.492 e. The topological polar surface area (TPSA) is 40.2 Å². The molecule has 134 valence electrons. The van der Waals surface area contributed by atoms with Gasteiger partial charge in [-0.1, -0.05) is 30.0 Å². The minimum absolute atomic E-state index is 0.0671. The first-order valence-corrected chi connectivity index (χ1v) is 8.63. The average molecular weight is 351 g/mol. The van der Waals surface area contributed by atoms with Crippen molar-refractivity contribution < 1.29 is 18.9 Å². The van der Waals surface area contributed by atoms with Crippen LogP contribution in [0.2, 0.25) is 0 Å². The van der Waals surface area contributed by atoms with Gasteiger partial charge in [0.05, 0.1) is 7.11 Å². The molecule has 0 amide bonds. The Morgan fingerprint density at radius 1 is 1.23 bits per heavy atom. The second-order valence-corrected chi connectivity index (χ2v) is 6.27. The lowest BCUT2D eigenvalue weighted by Gasteiger charge is -2.32. The zero-order valence-corrected chi connectivity index (χ0v) is 15.0. The van der Waals surface area contributed by atoms with E-state index in [1.54, 1.807) is 7.11 Å². The van der Waals surface area contributed by atoms with Gasteiger partial charge in [-0.2, -0.15) is 0 Å². The van der Waals surface area contributed by atoms with Crippen LogP contribution < -0.4 is 18.9 Å². The van der Waals surface area contributed by atoms with Gasteiger partial charge in [-0.05, 0) is 37.2 Å². The highest BCUT2D eigenvalue weighted by Crippen LogP contribution is 2.49. The standard InChI is InChI=1S/C21H21NO4/c1-22-11-10-15-13-18-20(26-14-25-18)21(23-2)19(15)17(22)9-6-12-24-16-7-4-3-5-8-16/h3-5,7-8,13,17H,10-12,14H2,1-2H3/t17-/m0/s1. The average Bonchev–Trinajstić information content (AvgIpc) is 3.14. The number of ether oxygens (including phenoxy) is 4. The van der Waals surface area contributed by atoms with E-state index in [1.165, 1.54) is 5.56 Å². The molecule has 2 heterocycles. The lowest BCUT2D eigenvalue weighted by atomic mass is 9.91. The van der Waals surface area contributed by atoms with Crippen molar-refractivity contribution in [2.75, 3.05) is 34.1 Å². The maximum absolute atomic E-state index is 5.68. The molecule has 0 radical (unpaired) electrons. The molecule has 2 aromatic carbocycles. The van der Waals surface area contributed by atoms with Crippen molar-refractivity contribution >= 4 is 0 Å². The molecule has 0 N–H and O–H groups in total. The number of para-hydroxylation sites is 1. The molecule has 26 heavy (non-hydrogen) atoms. The Labute approximate surface area is 153 Å². The molecule has 0 unspecified atom stereocenters. The van der Waals surface area contributed by atoms with E-state index in [0.717, 1.165) is 35.8 Å². The number of rotatable bonds is 3. The Morgan fingerprint density at radius 2 is 2.08 bits per heavy atom. The van der Waals surface area contributed by atoms with E-state index in [4.69, 9.17) is 18.9 Å². The van der Waals surface area contributed by atoms with E-state index in [2.05, 4.69) is 29.9 Å². The molecule has 5 nitrogen and oxygen atoms in total. The second kappa shape index (κ2) is 7.19. The first-order valence-electron chi connectivity index (χ1n) is 8.63. The van der Waals surface area contributed by atoms with Crippen LogP contribution in [0, 0.1) is 11.8 Å². The van der Waals surface area contributed by atoms with Gasteiger partial charge in [0.1, 0.15) is 18.4 Å². The highest BCUT2D eigenvalue weighted by atomic mass is 16.7. The molecular weight excluding hydrogens is 330 g/mol. The van der Waals surface area contributed by atoms with Crippen molar-refractivity contribution in [3.05, 3.63) is 47.5 Å². The highest BCUT2D eigenvalue weighted by molar-refractivity contribution is 5.62. The number of benzene rings is 2. The van der Waals surface area contributed by atoms with Gasteiger partial charge in [-0.25, -0.2) is 0 Å². The summed E-state index contributed by atoms with van der Waals surface area (Å²) < 4.78 is 22.5. The monoisotopic (exact) mass is 351 g/mol. The molecule has 2 aliphatic heterocycles. The fourth-order valence-corrected chi connectivity index (χ4v) is 3.39. The summed E-state index contributed by atoms with van der Waals surface area (Å²) in [5.41, 5.74) is 2.27. The molecule has 2 aromatic rings. The van der Waals surface area contributed by atoms with E-state index in [1.807, 2.05) is 30.3 Å². The Hall–Kier alpha value is -2.84. The van der Waals surface area contributed by atoms with E-state index >= 15 is 0 Å². The quantitative estimate of drug-likeness (QED) is 0.795. The normalized spacial score (nSPS) is 17.8. The van der Waals surface area contributed by atoms with Gasteiger partial charge in [0.2, 0.25) is 12.5 Å². The largest absolute Gasteiger partial charge is 0.492 e. The van der Waals surface area contributed by atoms with Gasteiger partial charge in [-0.3, -0.25) is 4.90 Å². The second-order valence-electron chi connectivity index (χ2n) is 6.27. The molecule has 0 fully saturated rings. The van der Waals surface area contributed by atoms with Crippen LogP contribution in [0.5, 0.6) is 23.0 Å². The number of methoxy groups -OCH3 is 1. The van der Waals surface area contributed by atoms with Crippen LogP contribution in [-0.4, -0.2) is 39.0 Å². The van der Waals surface area contributed by atoms with Crippen LogP contribution in [0.25, 0.3) is 0 Å². The molecule has 0 spiro atoms. The van der Waals surface area contributed by atoms with Gasteiger partial charge in [0.25, 0.3) is 0 Å². The third-order valence-corrected chi connectivity index (χ3v) is 4.69. The molecule has 4 rings (SSSR count). The Balaban J connectivity index is 1.61. The molecule has 5 heteroatoms. The molecule has 0 aliphatic carbocycles. The molecule has 0 saturated carbocycles. The zero-order chi connectivity index (χ0) is 17.9. The van der Waals surface area contributed by atoms with E-state index in [0.29, 0.717) is 12.4 Å². The highest BCUT2D eigenvalue weighted by Gasteiger charge is 2.33. The molecule has 1 atom stereocenters. The molecule has 2 aliphatic rings. The summed E-state index contributed by atoms with van der Waals surface area (Å²) >= 11 is 0. The lowest BCUT2D eigenvalue weighted by molar-refractivity contribution is 0.171. The first kappa shape index (κ1) is 16.6. The number of hydrogen-bond acceptors (Lipinski definition) is 5. The van der Waals surface area contributed by atoms with Gasteiger partial charge in [0, 0.05) is 12.1 Å². The van der Waals surface area contributed by atoms with Crippen LogP contribution in [0.4, 0.5) is 0 Å². The van der Waals surface area contributed by atoms with Gasteiger partial charge in [0.15, 0.2) is 11.5 Å². The Morgan fingerprint density at radius 3 is 2.88 bits per heavy atom. The smallest absolute Gasteiger partial charge is 0.231 e. The van der Waals surface area contributed by atoms with Crippen molar-refractivity contribution in [3.63, 3.8) is 0 Å². The van der Waals surface area contributed by atoms with E-state index in [9.17, 15) is 0 Å². The fraction of sp³-hybridized carbons (Fsp3) is 0.333. The molecule has 0 aromatic heterocycles. The third-order valence-electron chi connectivity index (χ3n) is 4.69. The maximum Gasteiger partial charge on any atom is 0.231 e. The summed E-state index contributed by atoms with van der Waals surface area (Å²) in [7, 11) is 3.74. The number of hydrogen-bond donors (Lipinski definition) is 0. The van der Waals surface area contributed by atoms with Crippen molar-refractivity contribution in [2.45, 2.75) is 12.5 Å².